The first-order chi connectivity index (χ1) is 23.5. The quantitative estimate of drug-likeness (QED) is 0.141. The molecule has 260 valence electrons. The van der Waals surface area contributed by atoms with Crippen LogP contribution in [-0.4, -0.2) is 71.1 Å². The lowest BCUT2D eigenvalue weighted by Crippen LogP contribution is -2.53. The van der Waals surface area contributed by atoms with E-state index in [4.69, 9.17) is 17.3 Å². The predicted molar refractivity (Wildman–Crippen MR) is 189 cm³/mol. The molecule has 3 aliphatic heterocycles. The van der Waals surface area contributed by atoms with Gasteiger partial charge < -0.3 is 25.7 Å². The average molecular weight is 693 g/mol. The summed E-state index contributed by atoms with van der Waals surface area (Å²) in [6.45, 7) is 11.3. The second kappa shape index (κ2) is 14.0. The van der Waals surface area contributed by atoms with Crippen molar-refractivity contribution >= 4 is 22.5 Å². The van der Waals surface area contributed by atoms with Crippen LogP contribution in [0.4, 0.5) is 13.2 Å². The fraction of sp³-hybridized carbons (Fsp3) is 0.421. The summed E-state index contributed by atoms with van der Waals surface area (Å²) in [5.41, 5.74) is 12.4. The average Bonchev–Trinajstić information content (AvgIpc) is 3.77. The van der Waals surface area contributed by atoms with E-state index < -0.39 is 6.36 Å². The van der Waals surface area contributed by atoms with Gasteiger partial charge in [0.15, 0.2) is 0 Å². The highest BCUT2D eigenvalue weighted by molar-refractivity contribution is 6.31. The number of benzene rings is 3. The molecule has 1 aromatic heterocycles. The number of aromatic nitrogens is 1. The lowest BCUT2D eigenvalue weighted by Gasteiger charge is -2.36. The van der Waals surface area contributed by atoms with Crippen LogP contribution in [0.2, 0.25) is 5.02 Å². The lowest BCUT2D eigenvalue weighted by atomic mass is 9.86. The molecule has 49 heavy (non-hydrogen) atoms. The minimum absolute atomic E-state index is 0.230. The Kier molecular flexibility index (Phi) is 9.69. The molecule has 2 unspecified atom stereocenters. The molecule has 0 radical (unpaired) electrons. The van der Waals surface area contributed by atoms with Gasteiger partial charge >= 0.3 is 6.36 Å². The summed E-state index contributed by atoms with van der Waals surface area (Å²) in [6.07, 6.45) is 1.12. The number of ether oxygens (including phenoxy) is 1. The van der Waals surface area contributed by atoms with Crippen molar-refractivity contribution in [2.45, 2.75) is 69.3 Å². The fourth-order valence-corrected chi connectivity index (χ4v) is 8.03. The summed E-state index contributed by atoms with van der Waals surface area (Å²) in [5, 5.41) is 8.73. The Morgan fingerprint density at radius 2 is 1.71 bits per heavy atom. The van der Waals surface area contributed by atoms with Crippen molar-refractivity contribution in [3.05, 3.63) is 101 Å². The molecule has 2 atom stereocenters. The van der Waals surface area contributed by atoms with Crippen LogP contribution in [0.1, 0.15) is 36.8 Å². The van der Waals surface area contributed by atoms with Gasteiger partial charge in [-0.3, -0.25) is 9.80 Å². The Balaban J connectivity index is 1.06. The highest BCUT2D eigenvalue weighted by Gasteiger charge is 2.43. The molecule has 4 aromatic rings. The summed E-state index contributed by atoms with van der Waals surface area (Å²) in [7, 11) is 0. The number of nitrogens with zero attached hydrogens (tertiary/aromatic N) is 3. The van der Waals surface area contributed by atoms with Gasteiger partial charge in [0.05, 0.1) is 5.54 Å². The molecule has 0 spiro atoms. The van der Waals surface area contributed by atoms with Gasteiger partial charge in [0.25, 0.3) is 0 Å². The van der Waals surface area contributed by atoms with Crippen molar-refractivity contribution in [3.8, 4) is 16.9 Å². The summed E-state index contributed by atoms with van der Waals surface area (Å²) in [5.74, 6) is -0.230. The maximum absolute atomic E-state index is 12.8. The predicted octanol–water partition coefficient (Wildman–Crippen LogP) is 6.89. The number of piperidine rings is 1. The summed E-state index contributed by atoms with van der Waals surface area (Å²) < 4.78 is 44.9. The van der Waals surface area contributed by atoms with E-state index in [0.29, 0.717) is 12.1 Å². The maximum atomic E-state index is 12.8. The monoisotopic (exact) mass is 692 g/mol. The van der Waals surface area contributed by atoms with Crippen LogP contribution >= 0.6 is 11.6 Å². The van der Waals surface area contributed by atoms with E-state index in [0.717, 1.165) is 111 Å². The number of halogens is 4. The smallest absolute Gasteiger partial charge is 0.406 e. The molecule has 0 aliphatic carbocycles. The first-order valence-electron chi connectivity index (χ1n) is 17.2. The third-order valence-corrected chi connectivity index (χ3v) is 10.9. The van der Waals surface area contributed by atoms with Crippen LogP contribution < -0.4 is 21.1 Å². The van der Waals surface area contributed by atoms with E-state index in [9.17, 15) is 13.2 Å². The van der Waals surface area contributed by atoms with Crippen molar-refractivity contribution in [1.82, 2.24) is 25.0 Å². The number of piperazine rings is 1. The zero-order chi connectivity index (χ0) is 34.2. The molecule has 7 rings (SSSR count). The lowest BCUT2D eigenvalue weighted by molar-refractivity contribution is -0.274. The van der Waals surface area contributed by atoms with Crippen molar-refractivity contribution in [2.24, 2.45) is 5.73 Å². The second-order valence-corrected chi connectivity index (χ2v) is 14.2. The van der Waals surface area contributed by atoms with Crippen LogP contribution in [0.5, 0.6) is 5.75 Å². The zero-order valence-corrected chi connectivity index (χ0v) is 28.4. The topological polar surface area (TPSA) is 70.7 Å². The third kappa shape index (κ3) is 7.64. The van der Waals surface area contributed by atoms with Crippen LogP contribution in [0, 0.1) is 0 Å². The molecule has 3 fully saturated rings. The van der Waals surface area contributed by atoms with Gasteiger partial charge in [0.2, 0.25) is 0 Å². The summed E-state index contributed by atoms with van der Waals surface area (Å²) in [4.78, 5) is 5.14. The Morgan fingerprint density at radius 1 is 1.00 bits per heavy atom. The number of fused-ring (bicyclic) bond motifs is 3. The number of rotatable bonds is 12. The molecule has 3 saturated heterocycles. The van der Waals surface area contributed by atoms with Gasteiger partial charge in [-0.25, -0.2) is 0 Å². The Hall–Kier alpha value is -3.54. The highest BCUT2D eigenvalue weighted by Crippen LogP contribution is 2.37. The van der Waals surface area contributed by atoms with Gasteiger partial charge in [-0.2, -0.15) is 0 Å². The number of hydrogen-bond acceptors (Lipinski definition) is 6. The summed E-state index contributed by atoms with van der Waals surface area (Å²) in [6, 6.07) is 21.9. The van der Waals surface area contributed by atoms with Crippen molar-refractivity contribution in [2.75, 3.05) is 32.7 Å². The minimum atomic E-state index is -4.73. The van der Waals surface area contributed by atoms with Gasteiger partial charge in [-0.1, -0.05) is 54.6 Å². The number of aryl methyl sites for hydroxylation is 1. The molecule has 3 aromatic carbocycles. The molecule has 3 aliphatic rings. The Bertz CT molecular complexity index is 1780. The van der Waals surface area contributed by atoms with Crippen molar-refractivity contribution < 1.29 is 17.9 Å². The molecule has 11 heteroatoms. The fourth-order valence-electron chi connectivity index (χ4n) is 7.83. The Labute approximate surface area is 290 Å². The largest absolute Gasteiger partial charge is 0.573 e. The molecule has 4 N–H and O–H groups in total. The number of nitrogens with two attached hydrogens (primary N) is 1. The standard InChI is InChI=1S/C38H44ClF3N6O/c1-26(37(43)13-16-44-17-14-37)45-15-4-18-46-25-34(28-8-10-32(11-9-28)49-38(40,41)42)33-19-27(7-12-36(33)46)21-47-23-31-20-30(47)24-48(31)22-29-5-2-3-6-35(29)39/h2-3,5-12,19,25,30-31,44-45H,1,4,13-18,20-24,43H2. The molecular formula is C38H44ClF3N6O. The minimum Gasteiger partial charge on any atom is -0.406 e. The van der Waals surface area contributed by atoms with Crippen molar-refractivity contribution in [1.29, 1.82) is 0 Å². The Morgan fingerprint density at radius 3 is 2.41 bits per heavy atom. The number of alkyl halides is 3. The first-order valence-corrected chi connectivity index (χ1v) is 17.5. The van der Waals surface area contributed by atoms with Crippen LogP contribution in [0.3, 0.4) is 0 Å². The van der Waals surface area contributed by atoms with E-state index in [1.54, 1.807) is 12.1 Å². The van der Waals surface area contributed by atoms with Gasteiger partial charge in [-0.15, -0.1) is 13.2 Å². The molecule has 7 nitrogen and oxygen atoms in total. The first kappa shape index (κ1) is 33.9. The van der Waals surface area contributed by atoms with Gasteiger partial charge in [0.1, 0.15) is 5.75 Å². The van der Waals surface area contributed by atoms with Gasteiger partial charge in [-0.05, 0) is 85.8 Å². The van der Waals surface area contributed by atoms with E-state index >= 15 is 0 Å². The second-order valence-electron chi connectivity index (χ2n) is 13.8. The summed E-state index contributed by atoms with van der Waals surface area (Å²) >= 11 is 6.46. The SMILES string of the molecule is C=C(NCCCn1cc(-c2ccc(OC(F)(F)F)cc2)c2cc(CN3CC4CC3CN4Cc3ccccc3Cl)ccc21)C1(N)CCNCC1. The van der Waals surface area contributed by atoms with E-state index in [-0.39, 0.29) is 11.3 Å². The third-order valence-electron chi connectivity index (χ3n) is 10.5. The van der Waals surface area contributed by atoms with Crippen LogP contribution in [-0.2, 0) is 19.6 Å². The normalized spacial score (nSPS) is 21.0. The van der Waals surface area contributed by atoms with Crippen LogP contribution in [0.15, 0.2) is 85.2 Å². The zero-order valence-electron chi connectivity index (χ0n) is 27.6. The number of likely N-dealkylation sites (tertiary alicyclic amines) is 2. The molecule has 4 heterocycles. The molecule has 2 bridgehead atoms. The maximum Gasteiger partial charge on any atom is 0.573 e. The number of nitrogens with one attached hydrogen (secondary N) is 2. The highest BCUT2D eigenvalue weighted by atomic mass is 35.5. The van der Waals surface area contributed by atoms with E-state index in [2.05, 4.69) is 66.8 Å². The molecular weight excluding hydrogens is 649 g/mol. The number of hydrogen-bond donors (Lipinski definition) is 3. The molecule has 0 amide bonds. The molecule has 0 saturated carbocycles. The van der Waals surface area contributed by atoms with Gasteiger partial charge in [0, 0.05) is 84.7 Å². The van der Waals surface area contributed by atoms with Crippen LogP contribution in [0.25, 0.3) is 22.0 Å². The van der Waals surface area contributed by atoms with E-state index in [1.165, 1.54) is 23.3 Å². The van der Waals surface area contributed by atoms with E-state index in [1.807, 2.05) is 18.2 Å². The van der Waals surface area contributed by atoms with Crippen molar-refractivity contribution in [3.63, 3.8) is 0 Å².